The molecule has 4 heteroatoms. The number of H-pyrrole nitrogens is 1. The second kappa shape index (κ2) is 5.89. The van der Waals surface area contributed by atoms with Crippen LogP contribution < -0.4 is 10.5 Å². The first-order chi connectivity index (χ1) is 11.3. The van der Waals surface area contributed by atoms with E-state index in [2.05, 4.69) is 28.1 Å². The van der Waals surface area contributed by atoms with E-state index in [-0.39, 0.29) is 5.56 Å². The van der Waals surface area contributed by atoms with Crippen molar-refractivity contribution in [1.29, 1.82) is 0 Å². The fourth-order valence-electron chi connectivity index (χ4n) is 3.21. The molecule has 1 aliphatic heterocycles. The Hall–Kier alpha value is -2.59. The van der Waals surface area contributed by atoms with E-state index in [0.29, 0.717) is 0 Å². The first-order valence-corrected chi connectivity index (χ1v) is 7.87. The van der Waals surface area contributed by atoms with Gasteiger partial charge in [-0.3, -0.25) is 4.79 Å². The quantitative estimate of drug-likeness (QED) is 0.791. The van der Waals surface area contributed by atoms with Crippen LogP contribution in [0.1, 0.15) is 0 Å². The van der Waals surface area contributed by atoms with Gasteiger partial charge in [-0.1, -0.05) is 36.4 Å². The number of rotatable bonds is 2. The van der Waals surface area contributed by atoms with Gasteiger partial charge in [0.25, 0.3) is 5.56 Å². The number of fused-ring (bicyclic) bond motifs is 1. The zero-order valence-corrected chi connectivity index (χ0v) is 12.8. The highest BCUT2D eigenvalue weighted by atomic mass is 16.5. The number of hydrogen-bond donors (Lipinski definition) is 1. The molecular formula is C19H18N2O2. The topological polar surface area (TPSA) is 45.3 Å². The SMILES string of the molecule is O=c1[nH]cc(-c2ccccc2N2CCOCC2)c2ccccc12. The number of benzene rings is 2. The Morgan fingerprint density at radius 3 is 2.39 bits per heavy atom. The summed E-state index contributed by atoms with van der Waals surface area (Å²) in [4.78, 5) is 17.3. The monoisotopic (exact) mass is 306 g/mol. The van der Waals surface area contributed by atoms with Crippen molar-refractivity contribution in [1.82, 2.24) is 4.98 Å². The van der Waals surface area contributed by atoms with Crippen molar-refractivity contribution >= 4 is 16.5 Å². The Morgan fingerprint density at radius 1 is 0.870 bits per heavy atom. The van der Waals surface area contributed by atoms with E-state index in [4.69, 9.17) is 4.74 Å². The van der Waals surface area contributed by atoms with Gasteiger partial charge in [-0.15, -0.1) is 0 Å². The highest BCUT2D eigenvalue weighted by molar-refractivity contribution is 5.98. The number of anilines is 1. The van der Waals surface area contributed by atoms with Crippen LogP contribution in [0.15, 0.2) is 59.5 Å². The van der Waals surface area contributed by atoms with E-state index in [9.17, 15) is 4.79 Å². The van der Waals surface area contributed by atoms with Crippen molar-refractivity contribution in [2.75, 3.05) is 31.2 Å². The second-order valence-corrected chi connectivity index (χ2v) is 5.69. The lowest BCUT2D eigenvalue weighted by Crippen LogP contribution is -2.36. The number of morpholine rings is 1. The number of aromatic amines is 1. The molecule has 1 aliphatic rings. The zero-order chi connectivity index (χ0) is 15.6. The molecule has 23 heavy (non-hydrogen) atoms. The number of hydrogen-bond acceptors (Lipinski definition) is 3. The molecule has 1 aromatic heterocycles. The molecule has 0 saturated carbocycles. The van der Waals surface area contributed by atoms with E-state index in [1.54, 1.807) is 0 Å². The van der Waals surface area contributed by atoms with Crippen molar-refractivity contribution in [3.05, 3.63) is 65.1 Å². The molecule has 4 rings (SSSR count). The summed E-state index contributed by atoms with van der Waals surface area (Å²) in [6.07, 6.45) is 1.82. The Balaban J connectivity index is 1.92. The molecule has 0 atom stereocenters. The molecule has 0 amide bonds. The van der Waals surface area contributed by atoms with Crippen LogP contribution in [0, 0.1) is 0 Å². The van der Waals surface area contributed by atoms with Gasteiger partial charge < -0.3 is 14.6 Å². The summed E-state index contributed by atoms with van der Waals surface area (Å²) >= 11 is 0. The minimum absolute atomic E-state index is 0.0480. The summed E-state index contributed by atoms with van der Waals surface area (Å²) in [6.45, 7) is 3.28. The molecule has 0 aliphatic carbocycles. The van der Waals surface area contributed by atoms with Crippen molar-refractivity contribution in [3.63, 3.8) is 0 Å². The van der Waals surface area contributed by atoms with Crippen LogP contribution in [0.25, 0.3) is 21.9 Å². The van der Waals surface area contributed by atoms with Gasteiger partial charge in [0.2, 0.25) is 0 Å². The maximum atomic E-state index is 12.1. The van der Waals surface area contributed by atoms with Gasteiger partial charge in [-0.05, 0) is 17.5 Å². The smallest absolute Gasteiger partial charge is 0.255 e. The van der Waals surface area contributed by atoms with Gasteiger partial charge >= 0.3 is 0 Å². The molecule has 0 radical (unpaired) electrons. The summed E-state index contributed by atoms with van der Waals surface area (Å²) in [7, 11) is 0. The molecule has 2 heterocycles. The van der Waals surface area contributed by atoms with Crippen molar-refractivity contribution in [2.45, 2.75) is 0 Å². The summed E-state index contributed by atoms with van der Waals surface area (Å²) in [5, 5.41) is 1.71. The lowest BCUT2D eigenvalue weighted by Gasteiger charge is -2.30. The Kier molecular flexibility index (Phi) is 3.60. The van der Waals surface area contributed by atoms with Gasteiger partial charge in [0, 0.05) is 41.5 Å². The van der Waals surface area contributed by atoms with Gasteiger partial charge in [-0.2, -0.15) is 0 Å². The molecule has 0 bridgehead atoms. The molecular weight excluding hydrogens is 288 g/mol. The lowest BCUT2D eigenvalue weighted by molar-refractivity contribution is 0.123. The number of para-hydroxylation sites is 1. The van der Waals surface area contributed by atoms with Crippen LogP contribution in [0.3, 0.4) is 0 Å². The lowest BCUT2D eigenvalue weighted by atomic mass is 9.98. The van der Waals surface area contributed by atoms with Crippen LogP contribution in [0.5, 0.6) is 0 Å². The molecule has 3 aromatic rings. The minimum Gasteiger partial charge on any atom is -0.378 e. The van der Waals surface area contributed by atoms with E-state index >= 15 is 0 Å². The first kappa shape index (κ1) is 14.0. The number of nitrogens with one attached hydrogen (secondary N) is 1. The van der Waals surface area contributed by atoms with Gasteiger partial charge in [0.1, 0.15) is 0 Å². The van der Waals surface area contributed by atoms with Gasteiger partial charge in [-0.25, -0.2) is 0 Å². The van der Waals surface area contributed by atoms with Crippen LogP contribution in [0.4, 0.5) is 5.69 Å². The molecule has 1 fully saturated rings. The second-order valence-electron chi connectivity index (χ2n) is 5.69. The molecule has 0 spiro atoms. The first-order valence-electron chi connectivity index (χ1n) is 7.87. The molecule has 4 nitrogen and oxygen atoms in total. The number of pyridine rings is 1. The minimum atomic E-state index is -0.0480. The maximum absolute atomic E-state index is 12.1. The summed E-state index contributed by atoms with van der Waals surface area (Å²) < 4.78 is 5.46. The third kappa shape index (κ3) is 2.51. The predicted molar refractivity (Wildman–Crippen MR) is 93.0 cm³/mol. The van der Waals surface area contributed by atoms with E-state index < -0.39 is 0 Å². The van der Waals surface area contributed by atoms with Crippen molar-refractivity contribution in [3.8, 4) is 11.1 Å². The van der Waals surface area contributed by atoms with E-state index in [0.717, 1.165) is 48.2 Å². The standard InChI is InChI=1S/C19H18N2O2/c22-19-16-7-2-1-5-14(16)17(13-20-19)15-6-3-4-8-18(15)21-9-11-23-12-10-21/h1-8,13H,9-12H2,(H,20,22). The van der Waals surface area contributed by atoms with Gasteiger partial charge in [0.05, 0.1) is 13.2 Å². The average Bonchev–Trinajstić information content (AvgIpc) is 2.63. The largest absolute Gasteiger partial charge is 0.378 e. The predicted octanol–water partition coefficient (Wildman–Crippen LogP) is 3.03. The Bertz CT molecular complexity index is 895. The van der Waals surface area contributed by atoms with E-state index in [1.807, 2.05) is 36.5 Å². The highest BCUT2D eigenvalue weighted by Crippen LogP contribution is 2.34. The van der Waals surface area contributed by atoms with Gasteiger partial charge in [0.15, 0.2) is 0 Å². The fraction of sp³-hybridized carbons (Fsp3) is 0.211. The zero-order valence-electron chi connectivity index (χ0n) is 12.8. The summed E-state index contributed by atoms with van der Waals surface area (Å²) in [5.74, 6) is 0. The normalized spacial score (nSPS) is 15.0. The van der Waals surface area contributed by atoms with Crippen LogP contribution in [-0.4, -0.2) is 31.3 Å². The third-order valence-electron chi connectivity index (χ3n) is 4.36. The number of aromatic nitrogens is 1. The average molecular weight is 306 g/mol. The third-order valence-corrected chi connectivity index (χ3v) is 4.36. The number of ether oxygens (including phenoxy) is 1. The Labute approximate surface area is 134 Å². The molecule has 116 valence electrons. The van der Waals surface area contributed by atoms with Crippen LogP contribution in [-0.2, 0) is 4.74 Å². The van der Waals surface area contributed by atoms with Crippen LogP contribution >= 0.6 is 0 Å². The van der Waals surface area contributed by atoms with E-state index in [1.165, 1.54) is 5.69 Å². The maximum Gasteiger partial charge on any atom is 0.255 e. The highest BCUT2D eigenvalue weighted by Gasteiger charge is 2.17. The fourth-order valence-corrected chi connectivity index (χ4v) is 3.21. The summed E-state index contributed by atoms with van der Waals surface area (Å²) in [6, 6.07) is 16.1. The molecule has 2 aromatic carbocycles. The number of nitrogens with zero attached hydrogens (tertiary/aromatic N) is 1. The summed E-state index contributed by atoms with van der Waals surface area (Å²) in [5.41, 5.74) is 3.34. The molecule has 1 N–H and O–H groups in total. The Morgan fingerprint density at radius 2 is 1.57 bits per heavy atom. The molecule has 0 unspecified atom stereocenters. The molecule has 1 saturated heterocycles. The van der Waals surface area contributed by atoms with Crippen molar-refractivity contribution < 1.29 is 4.74 Å². The van der Waals surface area contributed by atoms with Crippen molar-refractivity contribution in [2.24, 2.45) is 0 Å². The van der Waals surface area contributed by atoms with Crippen LogP contribution in [0.2, 0.25) is 0 Å².